The maximum absolute atomic E-state index is 13.1. The van der Waals surface area contributed by atoms with Gasteiger partial charge in [-0.1, -0.05) is 23.7 Å². The number of nitrogens with two attached hydrogens (primary N) is 1. The van der Waals surface area contributed by atoms with Crippen LogP contribution in [0.2, 0.25) is 5.02 Å². The van der Waals surface area contributed by atoms with Crippen LogP contribution in [0.25, 0.3) is 0 Å². The van der Waals surface area contributed by atoms with E-state index < -0.39 is 0 Å². The predicted molar refractivity (Wildman–Crippen MR) is 74.3 cm³/mol. The highest BCUT2D eigenvalue weighted by Gasteiger charge is 2.02. The molecule has 3 N–H and O–H groups in total. The number of nitrogen functional groups attached to an aromatic ring is 1. The molecule has 0 heterocycles. The quantitative estimate of drug-likeness (QED) is 0.823. The van der Waals surface area contributed by atoms with E-state index in [1.54, 1.807) is 25.1 Å². The number of halogens is 2. The molecule has 2 nitrogen and oxygen atoms in total. The van der Waals surface area contributed by atoms with E-state index in [1.165, 1.54) is 6.07 Å². The van der Waals surface area contributed by atoms with E-state index in [1.807, 2.05) is 12.1 Å². The fourth-order valence-electron chi connectivity index (χ4n) is 1.71. The standard InChI is InChI=1S/C14H14ClFN2/c1-9-6-10(2-4-12(9)16)8-18-14-5-3-11(15)7-13(14)17/h2-7,18H,8,17H2,1H3. The third-order valence-electron chi connectivity index (χ3n) is 2.72. The van der Waals surface area contributed by atoms with Gasteiger partial charge in [-0.25, -0.2) is 4.39 Å². The van der Waals surface area contributed by atoms with Crippen molar-refractivity contribution in [3.05, 3.63) is 58.4 Å². The number of hydrogen-bond donors (Lipinski definition) is 2. The Labute approximate surface area is 111 Å². The second kappa shape index (κ2) is 5.27. The Morgan fingerprint density at radius 1 is 1.22 bits per heavy atom. The van der Waals surface area contributed by atoms with Crippen LogP contribution in [0.1, 0.15) is 11.1 Å². The van der Waals surface area contributed by atoms with E-state index in [-0.39, 0.29) is 5.82 Å². The molecule has 0 bridgehead atoms. The molecular weight excluding hydrogens is 251 g/mol. The van der Waals surface area contributed by atoms with Crippen molar-refractivity contribution in [2.75, 3.05) is 11.1 Å². The Kier molecular flexibility index (Phi) is 3.72. The van der Waals surface area contributed by atoms with Gasteiger partial charge in [0.2, 0.25) is 0 Å². The summed E-state index contributed by atoms with van der Waals surface area (Å²) >= 11 is 5.82. The summed E-state index contributed by atoms with van der Waals surface area (Å²) in [5.41, 5.74) is 8.89. The van der Waals surface area contributed by atoms with Crippen LogP contribution in [-0.4, -0.2) is 0 Å². The average Bonchev–Trinajstić information content (AvgIpc) is 2.32. The van der Waals surface area contributed by atoms with Gasteiger partial charge in [0.05, 0.1) is 11.4 Å². The van der Waals surface area contributed by atoms with Gasteiger partial charge in [0.25, 0.3) is 0 Å². The zero-order valence-corrected chi connectivity index (χ0v) is 10.8. The number of rotatable bonds is 3. The van der Waals surface area contributed by atoms with Gasteiger partial charge in [-0.3, -0.25) is 0 Å². The molecule has 2 rings (SSSR count). The highest BCUT2D eigenvalue weighted by molar-refractivity contribution is 6.31. The zero-order chi connectivity index (χ0) is 13.1. The lowest BCUT2D eigenvalue weighted by atomic mass is 10.1. The van der Waals surface area contributed by atoms with Crippen LogP contribution in [0, 0.1) is 12.7 Å². The minimum atomic E-state index is -0.190. The first-order chi connectivity index (χ1) is 8.56. The molecule has 0 aromatic heterocycles. The molecule has 0 aliphatic rings. The maximum Gasteiger partial charge on any atom is 0.126 e. The number of aryl methyl sites for hydroxylation is 1. The molecule has 0 amide bonds. The minimum absolute atomic E-state index is 0.190. The van der Waals surface area contributed by atoms with E-state index in [0.29, 0.717) is 22.8 Å². The third kappa shape index (κ3) is 2.93. The molecule has 0 spiro atoms. The number of benzene rings is 2. The third-order valence-corrected chi connectivity index (χ3v) is 2.95. The average molecular weight is 265 g/mol. The van der Waals surface area contributed by atoms with Gasteiger partial charge in [-0.05, 0) is 42.3 Å². The summed E-state index contributed by atoms with van der Waals surface area (Å²) in [6, 6.07) is 10.3. The Balaban J connectivity index is 2.09. The smallest absolute Gasteiger partial charge is 0.126 e. The summed E-state index contributed by atoms with van der Waals surface area (Å²) in [6.45, 7) is 2.34. The van der Waals surface area contributed by atoms with E-state index in [4.69, 9.17) is 17.3 Å². The van der Waals surface area contributed by atoms with Crippen molar-refractivity contribution in [1.82, 2.24) is 0 Å². The predicted octanol–water partition coefficient (Wildman–Crippen LogP) is 3.98. The molecule has 2 aromatic carbocycles. The molecule has 0 aliphatic heterocycles. The molecule has 0 atom stereocenters. The normalized spacial score (nSPS) is 10.4. The Morgan fingerprint density at radius 3 is 2.67 bits per heavy atom. The van der Waals surface area contributed by atoms with Crippen LogP contribution < -0.4 is 11.1 Å². The summed E-state index contributed by atoms with van der Waals surface area (Å²) in [5.74, 6) is -0.190. The Bertz CT molecular complexity index is 570. The first-order valence-corrected chi connectivity index (χ1v) is 5.98. The van der Waals surface area contributed by atoms with Gasteiger partial charge in [-0.2, -0.15) is 0 Å². The van der Waals surface area contributed by atoms with E-state index in [2.05, 4.69) is 5.32 Å². The molecule has 4 heteroatoms. The van der Waals surface area contributed by atoms with Crippen LogP contribution in [0.3, 0.4) is 0 Å². The van der Waals surface area contributed by atoms with Crippen molar-refractivity contribution in [3.63, 3.8) is 0 Å². The Morgan fingerprint density at radius 2 is 2.00 bits per heavy atom. The summed E-state index contributed by atoms with van der Waals surface area (Å²) in [7, 11) is 0. The number of hydrogen-bond acceptors (Lipinski definition) is 2. The van der Waals surface area contributed by atoms with Crippen molar-refractivity contribution >= 4 is 23.0 Å². The van der Waals surface area contributed by atoms with Crippen molar-refractivity contribution in [1.29, 1.82) is 0 Å². The SMILES string of the molecule is Cc1cc(CNc2ccc(Cl)cc2N)ccc1F. The van der Waals surface area contributed by atoms with E-state index >= 15 is 0 Å². The fraction of sp³-hybridized carbons (Fsp3) is 0.143. The molecule has 94 valence electrons. The van der Waals surface area contributed by atoms with Crippen LogP contribution in [0.4, 0.5) is 15.8 Å². The van der Waals surface area contributed by atoms with E-state index in [0.717, 1.165) is 11.3 Å². The lowest BCUT2D eigenvalue weighted by molar-refractivity contribution is 0.617. The van der Waals surface area contributed by atoms with Crippen LogP contribution >= 0.6 is 11.6 Å². The second-order valence-electron chi connectivity index (χ2n) is 4.17. The van der Waals surface area contributed by atoms with E-state index in [9.17, 15) is 4.39 Å². The van der Waals surface area contributed by atoms with Gasteiger partial charge in [-0.15, -0.1) is 0 Å². The summed E-state index contributed by atoms with van der Waals surface area (Å²) in [4.78, 5) is 0. The first kappa shape index (κ1) is 12.7. The van der Waals surface area contributed by atoms with Gasteiger partial charge < -0.3 is 11.1 Å². The first-order valence-electron chi connectivity index (χ1n) is 5.60. The van der Waals surface area contributed by atoms with Crippen LogP contribution in [0.15, 0.2) is 36.4 Å². The van der Waals surface area contributed by atoms with Crippen molar-refractivity contribution in [3.8, 4) is 0 Å². The molecule has 0 radical (unpaired) electrons. The molecule has 0 unspecified atom stereocenters. The van der Waals surface area contributed by atoms with Crippen LogP contribution in [0.5, 0.6) is 0 Å². The van der Waals surface area contributed by atoms with Crippen molar-refractivity contribution < 1.29 is 4.39 Å². The Hall–Kier alpha value is -1.74. The zero-order valence-electron chi connectivity index (χ0n) is 10.0. The topological polar surface area (TPSA) is 38.0 Å². The highest BCUT2D eigenvalue weighted by atomic mass is 35.5. The fourth-order valence-corrected chi connectivity index (χ4v) is 1.89. The van der Waals surface area contributed by atoms with Crippen LogP contribution in [-0.2, 0) is 6.54 Å². The summed E-state index contributed by atoms with van der Waals surface area (Å²) < 4.78 is 13.1. The van der Waals surface area contributed by atoms with Gasteiger partial charge in [0, 0.05) is 11.6 Å². The molecule has 0 aliphatic carbocycles. The number of nitrogens with one attached hydrogen (secondary N) is 1. The highest BCUT2D eigenvalue weighted by Crippen LogP contribution is 2.23. The molecule has 0 saturated carbocycles. The lowest BCUT2D eigenvalue weighted by Gasteiger charge is -2.10. The van der Waals surface area contributed by atoms with Crippen molar-refractivity contribution in [2.45, 2.75) is 13.5 Å². The summed E-state index contributed by atoms with van der Waals surface area (Å²) in [5, 5.41) is 3.80. The molecule has 0 fully saturated rings. The monoisotopic (exact) mass is 264 g/mol. The molecule has 0 saturated heterocycles. The number of anilines is 2. The maximum atomic E-state index is 13.1. The summed E-state index contributed by atoms with van der Waals surface area (Å²) in [6.07, 6.45) is 0. The van der Waals surface area contributed by atoms with Crippen molar-refractivity contribution in [2.24, 2.45) is 0 Å². The lowest BCUT2D eigenvalue weighted by Crippen LogP contribution is -2.02. The molecule has 2 aromatic rings. The largest absolute Gasteiger partial charge is 0.397 e. The minimum Gasteiger partial charge on any atom is -0.397 e. The van der Waals surface area contributed by atoms with Gasteiger partial charge >= 0.3 is 0 Å². The molecular formula is C14H14ClFN2. The second-order valence-corrected chi connectivity index (χ2v) is 4.61. The molecule has 18 heavy (non-hydrogen) atoms. The van der Waals surface area contributed by atoms with Gasteiger partial charge in [0.1, 0.15) is 5.82 Å². The van der Waals surface area contributed by atoms with Gasteiger partial charge in [0.15, 0.2) is 0 Å².